The topological polar surface area (TPSA) is 88.5 Å². The Balaban J connectivity index is 1.52. The molecular formula is C20H16N2O4S. The molecule has 0 bridgehead atoms. The zero-order valence-corrected chi connectivity index (χ0v) is 15.0. The Morgan fingerprint density at radius 3 is 2.74 bits per heavy atom. The van der Waals surface area contributed by atoms with Crippen LogP contribution in [-0.2, 0) is 5.60 Å². The lowest BCUT2D eigenvalue weighted by Gasteiger charge is -2.26. The van der Waals surface area contributed by atoms with Crippen LogP contribution in [0.3, 0.4) is 0 Å². The van der Waals surface area contributed by atoms with Gasteiger partial charge in [0, 0.05) is 22.1 Å². The summed E-state index contributed by atoms with van der Waals surface area (Å²) in [4.78, 5) is 13.2. The number of aromatic nitrogens is 1. The van der Waals surface area contributed by atoms with Crippen molar-refractivity contribution in [1.29, 1.82) is 0 Å². The molecule has 7 heteroatoms. The molecule has 0 saturated heterocycles. The molecule has 6 nitrogen and oxygen atoms in total. The molecule has 3 heterocycles. The van der Waals surface area contributed by atoms with E-state index in [0.29, 0.717) is 16.2 Å². The molecule has 0 radical (unpaired) electrons. The largest absolute Gasteiger partial charge is 0.472 e. The van der Waals surface area contributed by atoms with Crippen LogP contribution in [0.4, 0.5) is 0 Å². The summed E-state index contributed by atoms with van der Waals surface area (Å²) in [6.07, 6.45) is 2.95. The molecule has 4 rings (SSSR count). The smallest absolute Gasteiger partial charge is 0.273 e. The quantitative estimate of drug-likeness (QED) is 0.533. The van der Waals surface area contributed by atoms with Gasteiger partial charge in [-0.2, -0.15) is 0 Å². The summed E-state index contributed by atoms with van der Waals surface area (Å²) in [6, 6.07) is 16.3. The van der Waals surface area contributed by atoms with Crippen LogP contribution >= 0.6 is 11.3 Å². The Kier molecular flexibility index (Phi) is 4.62. The Morgan fingerprint density at radius 2 is 2.04 bits per heavy atom. The minimum atomic E-state index is -1.39. The van der Waals surface area contributed by atoms with E-state index in [1.54, 1.807) is 12.1 Å². The van der Waals surface area contributed by atoms with Gasteiger partial charge in [0.1, 0.15) is 5.60 Å². The highest BCUT2D eigenvalue weighted by Gasteiger charge is 2.34. The highest BCUT2D eigenvalue weighted by molar-refractivity contribution is 7.10. The summed E-state index contributed by atoms with van der Waals surface area (Å²) in [5, 5.41) is 19.6. The van der Waals surface area contributed by atoms with Crippen LogP contribution in [0.1, 0.15) is 20.9 Å². The number of amides is 1. The number of benzene rings is 1. The fourth-order valence-electron chi connectivity index (χ4n) is 2.76. The van der Waals surface area contributed by atoms with Crippen LogP contribution in [0.15, 0.2) is 81.4 Å². The number of hydrogen-bond acceptors (Lipinski definition) is 6. The van der Waals surface area contributed by atoms with Crippen molar-refractivity contribution in [3.05, 3.63) is 88.6 Å². The average Bonchev–Trinajstić information content (AvgIpc) is 3.48. The second kappa shape index (κ2) is 7.22. The van der Waals surface area contributed by atoms with E-state index in [1.807, 2.05) is 47.8 Å². The van der Waals surface area contributed by atoms with Crippen LogP contribution in [0, 0.1) is 0 Å². The summed E-state index contributed by atoms with van der Waals surface area (Å²) in [5.74, 6) is 0.0727. The van der Waals surface area contributed by atoms with E-state index in [1.165, 1.54) is 23.9 Å². The van der Waals surface area contributed by atoms with Crippen LogP contribution in [0.5, 0.6) is 0 Å². The van der Waals surface area contributed by atoms with E-state index in [-0.39, 0.29) is 12.2 Å². The van der Waals surface area contributed by atoms with E-state index >= 15 is 0 Å². The van der Waals surface area contributed by atoms with Gasteiger partial charge in [0.25, 0.3) is 5.91 Å². The van der Waals surface area contributed by atoms with Gasteiger partial charge in [0.15, 0.2) is 11.5 Å². The minimum Gasteiger partial charge on any atom is -0.472 e. The van der Waals surface area contributed by atoms with Gasteiger partial charge in [-0.15, -0.1) is 11.3 Å². The second-order valence-corrected chi connectivity index (χ2v) is 6.92. The van der Waals surface area contributed by atoms with E-state index in [4.69, 9.17) is 8.94 Å². The van der Waals surface area contributed by atoms with Gasteiger partial charge >= 0.3 is 0 Å². The molecule has 0 aliphatic heterocycles. The summed E-state index contributed by atoms with van der Waals surface area (Å²) in [6.45, 7) is -0.0284. The summed E-state index contributed by atoms with van der Waals surface area (Å²) >= 11 is 1.40. The second-order valence-electron chi connectivity index (χ2n) is 5.97. The molecule has 1 aromatic carbocycles. The van der Waals surface area contributed by atoms with Crippen molar-refractivity contribution in [2.45, 2.75) is 5.60 Å². The molecule has 0 unspecified atom stereocenters. The molecule has 0 aliphatic rings. The number of hydrogen-bond donors (Lipinski definition) is 2. The molecule has 0 aliphatic carbocycles. The summed E-state index contributed by atoms with van der Waals surface area (Å²) < 4.78 is 10.4. The van der Waals surface area contributed by atoms with E-state index in [9.17, 15) is 9.90 Å². The predicted octanol–water partition coefficient (Wildman–Crippen LogP) is 3.66. The average molecular weight is 380 g/mol. The molecule has 1 atom stereocenters. The highest BCUT2D eigenvalue weighted by atomic mass is 32.1. The van der Waals surface area contributed by atoms with Gasteiger partial charge in [-0.1, -0.05) is 41.6 Å². The third-order valence-electron chi connectivity index (χ3n) is 4.23. The zero-order chi connectivity index (χ0) is 18.7. The molecule has 27 heavy (non-hydrogen) atoms. The standard InChI is InChI=1S/C20H16N2O4S/c23-19(16-11-17(26-22-16)14-5-2-1-3-6-14)21-13-20(24,15-8-9-25-12-15)18-7-4-10-27-18/h1-12,24H,13H2,(H,21,23)/t20-/m0/s1. The Hall–Kier alpha value is -3.16. The number of carbonyl (C=O) groups is 1. The van der Waals surface area contributed by atoms with Gasteiger partial charge in [-0.25, -0.2) is 0 Å². The summed E-state index contributed by atoms with van der Waals surface area (Å²) in [7, 11) is 0. The van der Waals surface area contributed by atoms with E-state index in [0.717, 1.165) is 5.56 Å². The van der Waals surface area contributed by atoms with E-state index in [2.05, 4.69) is 10.5 Å². The molecule has 3 aromatic heterocycles. The van der Waals surface area contributed by atoms with Crippen molar-refractivity contribution in [3.8, 4) is 11.3 Å². The number of nitrogens with zero attached hydrogens (tertiary/aromatic N) is 1. The van der Waals surface area contributed by atoms with Gasteiger partial charge in [-0.05, 0) is 17.5 Å². The van der Waals surface area contributed by atoms with Gasteiger partial charge in [0.05, 0.1) is 19.1 Å². The zero-order valence-electron chi connectivity index (χ0n) is 14.2. The van der Waals surface area contributed by atoms with Crippen molar-refractivity contribution in [1.82, 2.24) is 10.5 Å². The molecule has 0 saturated carbocycles. The molecule has 4 aromatic rings. The maximum absolute atomic E-state index is 12.5. The number of rotatable bonds is 6. The Morgan fingerprint density at radius 1 is 1.19 bits per heavy atom. The lowest BCUT2D eigenvalue weighted by molar-refractivity contribution is 0.0709. The van der Waals surface area contributed by atoms with Crippen LogP contribution in [0.2, 0.25) is 0 Å². The number of furan rings is 1. The SMILES string of the molecule is O=C(NC[C@](O)(c1ccoc1)c1cccs1)c1cc(-c2ccccc2)on1. The fourth-order valence-corrected chi connectivity index (χ4v) is 3.61. The first-order valence-corrected chi connectivity index (χ1v) is 9.14. The normalized spacial score (nSPS) is 13.2. The fraction of sp³-hybridized carbons (Fsp3) is 0.100. The van der Waals surface area contributed by atoms with Crippen molar-refractivity contribution in [3.63, 3.8) is 0 Å². The van der Waals surface area contributed by atoms with Crippen LogP contribution < -0.4 is 5.32 Å². The lowest BCUT2D eigenvalue weighted by Crippen LogP contribution is -2.41. The first-order valence-electron chi connectivity index (χ1n) is 8.26. The van der Waals surface area contributed by atoms with Crippen molar-refractivity contribution in [2.75, 3.05) is 6.54 Å². The van der Waals surface area contributed by atoms with Gasteiger partial charge in [-0.3, -0.25) is 4.79 Å². The van der Waals surface area contributed by atoms with Gasteiger partial charge < -0.3 is 19.4 Å². The Labute approximate surface area is 159 Å². The van der Waals surface area contributed by atoms with E-state index < -0.39 is 11.5 Å². The molecule has 0 spiro atoms. The monoisotopic (exact) mass is 380 g/mol. The third-order valence-corrected chi connectivity index (χ3v) is 5.25. The molecule has 2 N–H and O–H groups in total. The van der Waals surface area contributed by atoms with Crippen LogP contribution in [-0.4, -0.2) is 22.7 Å². The van der Waals surface area contributed by atoms with Crippen molar-refractivity contribution < 1.29 is 18.8 Å². The number of carbonyl (C=O) groups excluding carboxylic acids is 1. The lowest BCUT2D eigenvalue weighted by atomic mass is 9.94. The third kappa shape index (κ3) is 3.42. The van der Waals surface area contributed by atoms with Crippen LogP contribution in [0.25, 0.3) is 11.3 Å². The number of nitrogens with one attached hydrogen (secondary N) is 1. The number of aliphatic hydroxyl groups is 1. The molecule has 0 fully saturated rings. The van der Waals surface area contributed by atoms with Gasteiger partial charge in [0.2, 0.25) is 0 Å². The molecular weight excluding hydrogens is 364 g/mol. The maximum atomic E-state index is 12.5. The Bertz CT molecular complexity index is 973. The van der Waals surface area contributed by atoms with Crippen molar-refractivity contribution >= 4 is 17.2 Å². The first-order chi connectivity index (χ1) is 13.2. The molecule has 1 amide bonds. The minimum absolute atomic E-state index is 0.0284. The molecule has 136 valence electrons. The summed E-state index contributed by atoms with van der Waals surface area (Å²) in [5.41, 5.74) is 0.158. The number of thiophene rings is 1. The predicted molar refractivity (Wildman–Crippen MR) is 100 cm³/mol. The first kappa shape index (κ1) is 17.3. The highest BCUT2D eigenvalue weighted by Crippen LogP contribution is 2.32. The van der Waals surface area contributed by atoms with Crippen molar-refractivity contribution in [2.24, 2.45) is 0 Å². The maximum Gasteiger partial charge on any atom is 0.273 e.